The molecule has 1 aromatic carbocycles. The molecule has 78 valence electrons. The predicted molar refractivity (Wildman–Crippen MR) is 51.7 cm³/mol. The fourth-order valence-corrected chi connectivity index (χ4v) is 1.20. The van der Waals surface area contributed by atoms with E-state index in [-0.39, 0.29) is 11.8 Å². The summed E-state index contributed by atoms with van der Waals surface area (Å²) in [5.74, 6) is 0.658. The van der Waals surface area contributed by atoms with Gasteiger partial charge in [0.15, 0.2) is 0 Å². The lowest BCUT2D eigenvalue weighted by atomic mass is 10.2. The first-order valence-electron chi connectivity index (χ1n) is 4.36. The number of hydrogen-bond donors (Lipinski definition) is 1. The lowest BCUT2D eigenvalue weighted by Crippen LogP contribution is -1.96. The van der Waals surface area contributed by atoms with Crippen molar-refractivity contribution in [1.82, 2.24) is 20.2 Å². The Morgan fingerprint density at radius 1 is 1.33 bits per heavy atom. The number of aryl methyl sites for hydroxylation is 2. The first-order valence-corrected chi connectivity index (χ1v) is 4.36. The average molecular weight is 206 g/mol. The third-order valence-corrected chi connectivity index (χ3v) is 1.83. The van der Waals surface area contributed by atoms with Crippen LogP contribution in [0.1, 0.15) is 5.56 Å². The highest BCUT2D eigenvalue weighted by atomic mass is 16.5. The van der Waals surface area contributed by atoms with E-state index in [1.165, 1.54) is 10.7 Å². The van der Waals surface area contributed by atoms with Gasteiger partial charge in [0.1, 0.15) is 11.5 Å². The molecule has 1 heterocycles. The summed E-state index contributed by atoms with van der Waals surface area (Å²) in [4.78, 5) is 0. The van der Waals surface area contributed by atoms with Crippen LogP contribution in [0.3, 0.4) is 0 Å². The number of aromatic nitrogens is 4. The van der Waals surface area contributed by atoms with Gasteiger partial charge in [-0.1, -0.05) is 5.10 Å². The molecule has 0 spiro atoms. The smallest absolute Gasteiger partial charge is 0.340 e. The van der Waals surface area contributed by atoms with Gasteiger partial charge in [-0.05, 0) is 35.0 Å². The average Bonchev–Trinajstić information content (AvgIpc) is 2.50. The molecular formula is C9H10N4O2. The lowest BCUT2D eigenvalue weighted by Gasteiger charge is -2.04. The van der Waals surface area contributed by atoms with Gasteiger partial charge in [-0.25, -0.2) is 0 Å². The molecule has 0 saturated heterocycles. The van der Waals surface area contributed by atoms with Gasteiger partial charge in [0, 0.05) is 13.1 Å². The van der Waals surface area contributed by atoms with Gasteiger partial charge in [-0.3, -0.25) is 0 Å². The fourth-order valence-electron chi connectivity index (χ4n) is 1.20. The standard InChI is InChI=1S/C9H10N4O2/c1-6-3-7(14)5-8(4-6)15-9-10-11-12-13(9)2/h3-5,14H,1-2H3. The quantitative estimate of drug-likeness (QED) is 0.794. The van der Waals surface area contributed by atoms with Crippen molar-refractivity contribution < 1.29 is 9.84 Å². The van der Waals surface area contributed by atoms with Crippen molar-refractivity contribution in [3.63, 3.8) is 0 Å². The number of rotatable bonds is 2. The Bertz CT molecular complexity index is 460. The van der Waals surface area contributed by atoms with Gasteiger partial charge in [-0.2, -0.15) is 4.68 Å². The van der Waals surface area contributed by atoms with Crippen LogP contribution in [0.15, 0.2) is 18.2 Å². The number of ether oxygens (including phenoxy) is 1. The minimum absolute atomic E-state index is 0.153. The maximum atomic E-state index is 9.35. The maximum Gasteiger partial charge on any atom is 0.340 e. The van der Waals surface area contributed by atoms with E-state index in [0.29, 0.717) is 5.75 Å². The molecule has 6 nitrogen and oxygen atoms in total. The van der Waals surface area contributed by atoms with Crippen molar-refractivity contribution in [2.24, 2.45) is 7.05 Å². The second-order valence-electron chi connectivity index (χ2n) is 3.19. The topological polar surface area (TPSA) is 73.1 Å². The number of hydrogen-bond acceptors (Lipinski definition) is 5. The summed E-state index contributed by atoms with van der Waals surface area (Å²) < 4.78 is 6.78. The number of phenols is 1. The molecule has 0 unspecified atom stereocenters. The summed E-state index contributed by atoms with van der Waals surface area (Å²) in [7, 11) is 1.67. The second kappa shape index (κ2) is 3.56. The van der Waals surface area contributed by atoms with E-state index in [0.717, 1.165) is 5.56 Å². The Balaban J connectivity index is 2.28. The first-order chi connectivity index (χ1) is 7.15. The molecule has 1 aromatic heterocycles. The Kier molecular flexibility index (Phi) is 2.24. The lowest BCUT2D eigenvalue weighted by molar-refractivity contribution is 0.408. The highest BCUT2D eigenvalue weighted by molar-refractivity contribution is 5.37. The molecule has 0 amide bonds. The van der Waals surface area contributed by atoms with Crippen molar-refractivity contribution in [3.8, 4) is 17.5 Å². The predicted octanol–water partition coefficient (Wildman–Crippen LogP) is 1.02. The highest BCUT2D eigenvalue weighted by Crippen LogP contribution is 2.24. The number of benzene rings is 1. The third-order valence-electron chi connectivity index (χ3n) is 1.83. The van der Waals surface area contributed by atoms with Crippen molar-refractivity contribution in [2.75, 3.05) is 0 Å². The largest absolute Gasteiger partial charge is 0.508 e. The van der Waals surface area contributed by atoms with Crippen molar-refractivity contribution in [1.29, 1.82) is 0 Å². The maximum absolute atomic E-state index is 9.35. The minimum atomic E-state index is 0.153. The monoisotopic (exact) mass is 206 g/mol. The molecule has 0 aliphatic carbocycles. The SMILES string of the molecule is Cc1cc(O)cc(Oc2nnnn2C)c1. The molecular weight excluding hydrogens is 196 g/mol. The van der Waals surface area contributed by atoms with E-state index in [4.69, 9.17) is 4.74 Å². The van der Waals surface area contributed by atoms with Crippen molar-refractivity contribution in [3.05, 3.63) is 23.8 Å². The molecule has 0 bridgehead atoms. The number of aromatic hydroxyl groups is 1. The molecule has 0 aliphatic rings. The van der Waals surface area contributed by atoms with Crippen LogP contribution in [-0.4, -0.2) is 25.3 Å². The van der Waals surface area contributed by atoms with E-state index in [1.807, 2.05) is 6.92 Å². The summed E-state index contributed by atoms with van der Waals surface area (Å²) in [5.41, 5.74) is 0.903. The van der Waals surface area contributed by atoms with Gasteiger partial charge in [0.2, 0.25) is 0 Å². The third kappa shape index (κ3) is 2.04. The first kappa shape index (κ1) is 9.45. The minimum Gasteiger partial charge on any atom is -0.508 e. The normalized spacial score (nSPS) is 10.3. The van der Waals surface area contributed by atoms with E-state index in [2.05, 4.69) is 15.5 Å². The van der Waals surface area contributed by atoms with Crippen LogP contribution in [0.2, 0.25) is 0 Å². The molecule has 0 aliphatic heterocycles. The van der Waals surface area contributed by atoms with Crippen LogP contribution >= 0.6 is 0 Å². The molecule has 0 saturated carbocycles. The highest BCUT2D eigenvalue weighted by Gasteiger charge is 2.05. The zero-order valence-corrected chi connectivity index (χ0v) is 8.38. The zero-order valence-electron chi connectivity index (χ0n) is 8.38. The summed E-state index contributed by atoms with van der Waals surface area (Å²) >= 11 is 0. The second-order valence-corrected chi connectivity index (χ2v) is 3.19. The van der Waals surface area contributed by atoms with Gasteiger partial charge in [0.05, 0.1) is 0 Å². The van der Waals surface area contributed by atoms with Gasteiger partial charge >= 0.3 is 6.01 Å². The number of nitrogens with zero attached hydrogens (tertiary/aromatic N) is 4. The fraction of sp³-hybridized carbons (Fsp3) is 0.222. The van der Waals surface area contributed by atoms with Crippen LogP contribution in [0, 0.1) is 6.92 Å². The summed E-state index contributed by atoms with van der Waals surface area (Å²) in [6, 6.07) is 5.21. The summed E-state index contributed by atoms with van der Waals surface area (Å²) in [6.07, 6.45) is 0. The molecule has 0 radical (unpaired) electrons. The zero-order chi connectivity index (χ0) is 10.8. The Labute approximate surface area is 86.1 Å². The van der Waals surface area contributed by atoms with Crippen molar-refractivity contribution in [2.45, 2.75) is 6.92 Å². The Hall–Kier alpha value is -2.11. The number of tetrazole rings is 1. The van der Waals surface area contributed by atoms with Crippen LogP contribution < -0.4 is 4.74 Å². The van der Waals surface area contributed by atoms with Crippen LogP contribution in [0.4, 0.5) is 0 Å². The Morgan fingerprint density at radius 2 is 2.13 bits per heavy atom. The number of phenolic OH excluding ortho intramolecular Hbond substituents is 1. The van der Waals surface area contributed by atoms with E-state index >= 15 is 0 Å². The van der Waals surface area contributed by atoms with Crippen LogP contribution in [0.25, 0.3) is 0 Å². The van der Waals surface area contributed by atoms with Crippen molar-refractivity contribution >= 4 is 0 Å². The molecule has 6 heteroatoms. The van der Waals surface area contributed by atoms with E-state index < -0.39 is 0 Å². The Morgan fingerprint density at radius 3 is 2.73 bits per heavy atom. The van der Waals surface area contributed by atoms with E-state index in [9.17, 15) is 5.11 Å². The van der Waals surface area contributed by atoms with Gasteiger partial charge < -0.3 is 9.84 Å². The van der Waals surface area contributed by atoms with E-state index in [1.54, 1.807) is 19.2 Å². The molecule has 1 N–H and O–H groups in total. The summed E-state index contributed by atoms with van der Waals surface area (Å²) in [6.45, 7) is 1.86. The molecule has 0 atom stereocenters. The molecule has 2 aromatic rings. The van der Waals surface area contributed by atoms with Crippen LogP contribution in [-0.2, 0) is 7.05 Å². The molecule has 2 rings (SSSR count). The summed E-state index contributed by atoms with van der Waals surface area (Å²) in [5, 5.41) is 20.1. The van der Waals surface area contributed by atoms with Crippen LogP contribution in [0.5, 0.6) is 17.5 Å². The van der Waals surface area contributed by atoms with Gasteiger partial charge in [-0.15, -0.1) is 0 Å². The molecule has 0 fully saturated rings. The molecule has 15 heavy (non-hydrogen) atoms. The van der Waals surface area contributed by atoms with Gasteiger partial charge in [0.25, 0.3) is 0 Å².